The topological polar surface area (TPSA) is 132 Å². The van der Waals surface area contributed by atoms with E-state index < -0.39 is 11.8 Å². The van der Waals surface area contributed by atoms with E-state index in [-0.39, 0.29) is 56.2 Å². The van der Waals surface area contributed by atoms with Crippen molar-refractivity contribution in [2.45, 2.75) is 62.7 Å². The number of hydrogen-bond donors (Lipinski definition) is 2. The first-order valence-electron chi connectivity index (χ1n) is 19.1. The van der Waals surface area contributed by atoms with Crippen LogP contribution in [0.1, 0.15) is 66.8 Å². The molecule has 2 N–H and O–H groups in total. The molecule has 12 nitrogen and oxygen atoms in total. The predicted molar refractivity (Wildman–Crippen MR) is 199 cm³/mol. The molecule has 6 unspecified atom stereocenters. The maximum Gasteiger partial charge on any atom is 0.254 e. The van der Waals surface area contributed by atoms with E-state index in [0.717, 1.165) is 67.9 Å². The largest absolute Gasteiger partial charge is 0.492 e. The van der Waals surface area contributed by atoms with Crippen molar-refractivity contribution in [1.29, 1.82) is 0 Å². The van der Waals surface area contributed by atoms with Gasteiger partial charge in [-0.1, -0.05) is 30.1 Å². The van der Waals surface area contributed by atoms with Gasteiger partial charge in [0.25, 0.3) is 5.91 Å². The molecule has 1 saturated heterocycles. The van der Waals surface area contributed by atoms with E-state index in [1.807, 2.05) is 12.1 Å². The Morgan fingerprint density at radius 2 is 1.83 bits per heavy atom. The normalized spacial score (nSPS) is 27.3. The number of ether oxygens (including phenoxy) is 5. The Morgan fingerprint density at radius 1 is 1.06 bits per heavy atom. The summed E-state index contributed by atoms with van der Waals surface area (Å²) in [6, 6.07) is 10.7. The van der Waals surface area contributed by atoms with Crippen LogP contribution in [0.25, 0.3) is 0 Å². The number of amides is 1. The number of unbranched alkanes of at least 4 members (excludes halogenated alkanes) is 2. The molecule has 0 spiro atoms. The molecule has 0 aromatic heterocycles. The molecule has 2 aromatic rings. The molecule has 12 heteroatoms. The molecule has 3 heterocycles. The number of nitrogens with zero attached hydrogens (tertiary/aromatic N) is 3. The van der Waals surface area contributed by atoms with E-state index in [9.17, 15) is 15.0 Å². The zero-order valence-corrected chi connectivity index (χ0v) is 30.9. The minimum Gasteiger partial charge on any atom is -0.492 e. The average Bonchev–Trinajstić information content (AvgIpc) is 3.88. The second kappa shape index (κ2) is 16.5. The van der Waals surface area contributed by atoms with Crippen molar-refractivity contribution < 1.29 is 43.5 Å². The molecule has 2 aliphatic carbocycles. The molecule has 3 aliphatic heterocycles. The molecule has 7 rings (SSSR count). The number of carbonyl (C=O) groups excluding carboxylic acids is 1. The van der Waals surface area contributed by atoms with Crippen LogP contribution >= 0.6 is 0 Å². The first kappa shape index (κ1) is 37.2. The van der Waals surface area contributed by atoms with Gasteiger partial charge in [-0.3, -0.25) is 9.69 Å². The highest BCUT2D eigenvalue weighted by Gasteiger charge is 2.65. The number of fused-ring (bicyclic) bond motifs is 3. The van der Waals surface area contributed by atoms with Gasteiger partial charge >= 0.3 is 0 Å². The zero-order valence-electron chi connectivity index (χ0n) is 30.9. The Balaban J connectivity index is 1.37. The number of hydrogen-bond acceptors (Lipinski definition) is 11. The summed E-state index contributed by atoms with van der Waals surface area (Å²) in [7, 11) is 3.33. The monoisotopic (exact) mass is 731 g/mol. The van der Waals surface area contributed by atoms with E-state index in [2.05, 4.69) is 28.8 Å². The Hall–Kier alpha value is -4.10. The van der Waals surface area contributed by atoms with E-state index in [1.165, 1.54) is 0 Å². The molecule has 0 bridgehead atoms. The van der Waals surface area contributed by atoms with Crippen molar-refractivity contribution in [2.24, 2.45) is 22.9 Å². The lowest BCUT2D eigenvalue weighted by Crippen LogP contribution is -2.69. The Bertz CT molecular complexity index is 1690. The van der Waals surface area contributed by atoms with Gasteiger partial charge in [-0.25, -0.2) is 0 Å². The van der Waals surface area contributed by atoms with Gasteiger partial charge in [-0.15, -0.1) is 6.58 Å². The molecular weight excluding hydrogens is 678 g/mol. The zero-order chi connectivity index (χ0) is 37.0. The first-order valence-corrected chi connectivity index (χ1v) is 19.1. The summed E-state index contributed by atoms with van der Waals surface area (Å²) < 4.78 is 31.6. The molecule has 5 aliphatic rings. The van der Waals surface area contributed by atoms with E-state index >= 15 is 0 Å². The van der Waals surface area contributed by atoms with Crippen LogP contribution in [-0.2, 0) is 9.57 Å². The van der Waals surface area contributed by atoms with Gasteiger partial charge in [-0.2, -0.15) is 0 Å². The van der Waals surface area contributed by atoms with E-state index in [4.69, 9.17) is 28.5 Å². The molecule has 286 valence electrons. The number of allylic oxidation sites excluding steroid dienone is 1. The van der Waals surface area contributed by atoms with E-state index in [1.54, 1.807) is 43.3 Å². The van der Waals surface area contributed by atoms with Gasteiger partial charge in [0.15, 0.2) is 11.5 Å². The molecular formula is C41H53N3O9. The van der Waals surface area contributed by atoms with Gasteiger partial charge in [0.1, 0.15) is 31.3 Å². The number of aliphatic hydroxyl groups is 2. The Kier molecular flexibility index (Phi) is 11.6. The fourth-order valence-electron chi connectivity index (χ4n) is 8.89. The first-order chi connectivity index (χ1) is 25.9. The third-order valence-corrected chi connectivity index (χ3v) is 11.5. The van der Waals surface area contributed by atoms with Crippen LogP contribution in [0.15, 0.2) is 65.9 Å². The van der Waals surface area contributed by atoms with Gasteiger partial charge in [0.05, 0.1) is 18.2 Å². The number of likely N-dealkylation sites (N-methyl/N-ethyl adjacent to an activating group) is 1. The number of benzene rings is 2. The van der Waals surface area contributed by atoms with Gasteiger partial charge in [0, 0.05) is 63.4 Å². The third kappa shape index (κ3) is 7.51. The number of carbonyl (C=O) groups is 1. The molecule has 6 atom stereocenters. The van der Waals surface area contributed by atoms with Gasteiger partial charge in [0.2, 0.25) is 12.6 Å². The number of oxime groups is 1. The highest BCUT2D eigenvalue weighted by molar-refractivity contribution is 6.03. The van der Waals surface area contributed by atoms with Crippen molar-refractivity contribution in [3.8, 4) is 23.0 Å². The Morgan fingerprint density at radius 3 is 2.58 bits per heavy atom. The maximum atomic E-state index is 14.5. The molecule has 53 heavy (non-hydrogen) atoms. The molecule has 2 aromatic carbocycles. The second-order valence-corrected chi connectivity index (χ2v) is 14.6. The minimum absolute atomic E-state index is 0.109. The smallest absolute Gasteiger partial charge is 0.254 e. The summed E-state index contributed by atoms with van der Waals surface area (Å²) in [5.74, 6) is 0.844. The summed E-state index contributed by atoms with van der Waals surface area (Å²) in [6.45, 7) is 8.24. The molecule has 1 saturated carbocycles. The second-order valence-electron chi connectivity index (χ2n) is 14.6. The maximum absolute atomic E-state index is 14.5. The number of rotatable bonds is 18. The Labute approximate surface area is 311 Å². The lowest BCUT2D eigenvalue weighted by molar-refractivity contribution is -0.252. The summed E-state index contributed by atoms with van der Waals surface area (Å²) in [5, 5.41) is 24.2. The standard InChI is InChI=1S/C41H53N3O9/c1-4-20-52-41-37(43(2)40(47)28-11-13-35-36(23-28)51-26-50-35)25-33(42-48-3)31-22-27(9-5-7-18-45)30(10-6-8-19-46)38(39(31)41)32-24-29(12-14-34(32)53-41)49-21-17-44-15-16-44/h4,11-14,22-24,27,30,37-39,45-46H,1,5-10,15-21,25-26H2,2-3H3. The van der Waals surface area contributed by atoms with Crippen LogP contribution in [0.2, 0.25) is 0 Å². The van der Waals surface area contributed by atoms with Crippen LogP contribution in [0.4, 0.5) is 0 Å². The van der Waals surface area contributed by atoms with Crippen LogP contribution in [0.5, 0.6) is 23.0 Å². The van der Waals surface area contributed by atoms with E-state index in [0.29, 0.717) is 48.7 Å². The fraction of sp³-hybridized carbons (Fsp3) is 0.561. The lowest BCUT2D eigenvalue weighted by Gasteiger charge is -2.59. The van der Waals surface area contributed by atoms with Crippen molar-refractivity contribution in [2.75, 3.05) is 67.0 Å². The average molecular weight is 732 g/mol. The third-order valence-electron chi connectivity index (χ3n) is 11.5. The SMILES string of the molecule is C=CCOC12Oc3ccc(OCCN4CC4)cc3C3C(CCCCO)C(CCCCO)C=C(C(=NOC)CC1N(C)C(=O)c1ccc4c(c1)OCO4)C32. The van der Waals surface area contributed by atoms with Crippen LogP contribution in [0.3, 0.4) is 0 Å². The van der Waals surface area contributed by atoms with Gasteiger partial charge < -0.3 is 43.6 Å². The minimum atomic E-state index is -1.32. The highest BCUT2D eigenvalue weighted by atomic mass is 16.7. The van der Waals surface area contributed by atoms with Gasteiger partial charge in [-0.05, 0) is 79.5 Å². The number of aliphatic hydroxyl groups excluding tert-OH is 2. The van der Waals surface area contributed by atoms with Crippen molar-refractivity contribution in [3.63, 3.8) is 0 Å². The van der Waals surface area contributed by atoms with Crippen LogP contribution < -0.4 is 18.9 Å². The van der Waals surface area contributed by atoms with Crippen molar-refractivity contribution in [3.05, 3.63) is 71.8 Å². The van der Waals surface area contributed by atoms with Crippen LogP contribution in [-0.4, -0.2) is 110 Å². The lowest BCUT2D eigenvalue weighted by atomic mass is 9.55. The fourth-order valence-corrected chi connectivity index (χ4v) is 8.89. The summed E-state index contributed by atoms with van der Waals surface area (Å²) in [4.78, 5) is 24.0. The van der Waals surface area contributed by atoms with Crippen LogP contribution in [0, 0.1) is 17.8 Å². The predicted octanol–water partition coefficient (Wildman–Crippen LogP) is 5.15. The highest BCUT2D eigenvalue weighted by Crippen LogP contribution is 2.62. The van der Waals surface area contributed by atoms with Crippen molar-refractivity contribution >= 4 is 11.6 Å². The summed E-state index contributed by atoms with van der Waals surface area (Å²) >= 11 is 0. The summed E-state index contributed by atoms with van der Waals surface area (Å²) in [5.41, 5.74) is 3.22. The quantitative estimate of drug-likeness (QED) is 0.0920. The van der Waals surface area contributed by atoms with Crippen molar-refractivity contribution in [1.82, 2.24) is 9.80 Å². The molecule has 2 fully saturated rings. The molecule has 0 radical (unpaired) electrons. The summed E-state index contributed by atoms with van der Waals surface area (Å²) in [6.07, 6.45) is 9.23. The molecule has 1 amide bonds.